The van der Waals surface area contributed by atoms with Crippen LogP contribution in [0.15, 0.2) is 47.1 Å². The van der Waals surface area contributed by atoms with Crippen LogP contribution < -0.4 is 0 Å². The molecule has 21 heavy (non-hydrogen) atoms. The highest BCUT2D eigenvalue weighted by atomic mass is 16.5. The van der Waals surface area contributed by atoms with Gasteiger partial charge in [-0.05, 0) is 19.8 Å². The largest absolute Gasteiger partial charge is 0.360 e. The quantitative estimate of drug-likeness (QED) is 0.670. The van der Waals surface area contributed by atoms with Crippen LogP contribution in [0.4, 0.5) is 0 Å². The number of hydrogen-bond donors (Lipinski definition) is 0. The monoisotopic (exact) mass is 281 g/mol. The summed E-state index contributed by atoms with van der Waals surface area (Å²) in [4.78, 5) is 0. The van der Waals surface area contributed by atoms with Crippen molar-refractivity contribution >= 4 is 5.57 Å². The molecule has 0 spiro atoms. The lowest BCUT2D eigenvalue weighted by atomic mass is 9.93. The zero-order valence-corrected chi connectivity index (χ0v) is 12.7. The number of hydrogen-bond acceptors (Lipinski definition) is 2. The van der Waals surface area contributed by atoms with E-state index in [1.165, 1.54) is 44.1 Å². The second-order valence-corrected chi connectivity index (χ2v) is 5.96. The zero-order valence-electron chi connectivity index (χ0n) is 12.7. The molecule has 2 heteroatoms. The highest BCUT2D eigenvalue weighted by Gasteiger charge is 2.23. The predicted molar refractivity (Wildman–Crippen MR) is 87.1 cm³/mol. The molecule has 3 rings (SSSR count). The van der Waals surface area contributed by atoms with Crippen LogP contribution in [-0.4, -0.2) is 5.16 Å². The molecule has 1 fully saturated rings. The van der Waals surface area contributed by atoms with Gasteiger partial charge in [-0.15, -0.1) is 0 Å². The first-order valence-corrected chi connectivity index (χ1v) is 8.04. The van der Waals surface area contributed by atoms with Gasteiger partial charge in [-0.2, -0.15) is 0 Å². The zero-order chi connectivity index (χ0) is 14.5. The third kappa shape index (κ3) is 3.26. The molecule has 1 heterocycles. The van der Waals surface area contributed by atoms with Gasteiger partial charge in [0.05, 0.1) is 0 Å². The lowest BCUT2D eigenvalue weighted by molar-refractivity contribution is 0.345. The van der Waals surface area contributed by atoms with Gasteiger partial charge < -0.3 is 4.52 Å². The fourth-order valence-corrected chi connectivity index (χ4v) is 3.26. The summed E-state index contributed by atoms with van der Waals surface area (Å²) in [6.45, 7) is 2.15. The predicted octanol–water partition coefficient (Wildman–Crippen LogP) is 5.49. The average molecular weight is 281 g/mol. The minimum atomic E-state index is 0.558. The van der Waals surface area contributed by atoms with Crippen LogP contribution in [0.2, 0.25) is 0 Å². The summed E-state index contributed by atoms with van der Waals surface area (Å²) in [6.07, 6.45) is 22.2. The normalized spacial score (nSPS) is 27.0. The molecule has 0 bridgehead atoms. The van der Waals surface area contributed by atoms with E-state index in [2.05, 4.69) is 36.4 Å². The van der Waals surface area contributed by atoms with E-state index in [1.54, 1.807) is 0 Å². The molecule has 0 atom stereocenters. The molecule has 2 nitrogen and oxygen atoms in total. The molecule has 0 unspecified atom stereocenters. The first kappa shape index (κ1) is 14.1. The third-order valence-electron chi connectivity index (χ3n) is 4.46. The molecule has 0 amide bonds. The van der Waals surface area contributed by atoms with E-state index >= 15 is 0 Å². The molecule has 1 saturated carbocycles. The summed E-state index contributed by atoms with van der Waals surface area (Å²) in [5, 5.41) is 4.36. The first-order chi connectivity index (χ1) is 10.4. The van der Waals surface area contributed by atoms with Crippen LogP contribution in [0.1, 0.15) is 61.5 Å². The van der Waals surface area contributed by atoms with Crippen molar-refractivity contribution in [2.75, 3.05) is 0 Å². The maximum absolute atomic E-state index is 5.75. The first-order valence-electron chi connectivity index (χ1n) is 8.04. The Labute approximate surface area is 126 Å². The van der Waals surface area contributed by atoms with Gasteiger partial charge in [-0.3, -0.25) is 0 Å². The molecule has 0 radical (unpaired) electrons. The summed E-state index contributed by atoms with van der Waals surface area (Å²) in [6, 6.07) is 0. The molecule has 0 aliphatic heterocycles. The van der Waals surface area contributed by atoms with Gasteiger partial charge in [0.25, 0.3) is 0 Å². The standard InChI is InChI=1S/C19H23NO/c1-15-18(16-11-7-3-2-4-8-12-16)20-21-19(15)17-13-9-5-6-10-14-17/h2-4,7-8,11-12,17H,5-6,9-10,13-14H2,1H3/b3-2-,4-2?,7-3?,8-4-,11-7-,12-8?,16-11?,16-12+. The smallest absolute Gasteiger partial charge is 0.143 e. The summed E-state index contributed by atoms with van der Waals surface area (Å²) in [5.41, 5.74) is 3.33. The van der Waals surface area contributed by atoms with Crippen LogP contribution in [-0.2, 0) is 0 Å². The third-order valence-corrected chi connectivity index (χ3v) is 4.46. The summed E-state index contributed by atoms with van der Waals surface area (Å²) in [7, 11) is 0. The van der Waals surface area contributed by atoms with Crippen LogP contribution in [0, 0.1) is 6.92 Å². The number of rotatable bonds is 2. The van der Waals surface area contributed by atoms with Crippen molar-refractivity contribution in [2.24, 2.45) is 0 Å². The Morgan fingerprint density at radius 2 is 1.67 bits per heavy atom. The fourth-order valence-electron chi connectivity index (χ4n) is 3.26. The lowest BCUT2D eigenvalue weighted by Gasteiger charge is -2.10. The van der Waals surface area contributed by atoms with Gasteiger partial charge >= 0.3 is 0 Å². The van der Waals surface area contributed by atoms with Crippen molar-refractivity contribution in [2.45, 2.75) is 51.4 Å². The van der Waals surface area contributed by atoms with Gasteiger partial charge in [0, 0.05) is 17.1 Å². The Morgan fingerprint density at radius 3 is 2.48 bits per heavy atom. The van der Waals surface area contributed by atoms with Crippen molar-refractivity contribution in [1.29, 1.82) is 0 Å². The average Bonchev–Trinajstić information content (AvgIpc) is 2.68. The van der Waals surface area contributed by atoms with Crippen LogP contribution in [0.5, 0.6) is 0 Å². The topological polar surface area (TPSA) is 26.0 Å². The fraction of sp³-hybridized carbons (Fsp3) is 0.421. The Kier molecular flexibility index (Phi) is 4.54. The molecule has 2 aliphatic carbocycles. The summed E-state index contributed by atoms with van der Waals surface area (Å²) in [5.74, 6) is 1.67. The number of aromatic nitrogens is 1. The highest BCUT2D eigenvalue weighted by molar-refractivity contribution is 5.75. The van der Waals surface area contributed by atoms with Gasteiger partial charge in [0.2, 0.25) is 0 Å². The maximum atomic E-state index is 5.75. The van der Waals surface area contributed by atoms with Crippen molar-refractivity contribution < 1.29 is 4.52 Å². The summed E-state index contributed by atoms with van der Waals surface area (Å²) >= 11 is 0. The SMILES string of the molecule is Cc1c(C2=C/C=C\C=C/C=C\2)noc1C1CCCCCC1. The van der Waals surface area contributed by atoms with E-state index in [-0.39, 0.29) is 0 Å². The van der Waals surface area contributed by atoms with Gasteiger partial charge in [0.15, 0.2) is 0 Å². The molecular weight excluding hydrogens is 258 g/mol. The molecule has 1 aromatic heterocycles. The van der Waals surface area contributed by atoms with Crippen LogP contribution in [0.3, 0.4) is 0 Å². The molecule has 2 aliphatic rings. The van der Waals surface area contributed by atoms with Crippen LogP contribution >= 0.6 is 0 Å². The molecule has 110 valence electrons. The van der Waals surface area contributed by atoms with E-state index in [0.717, 1.165) is 17.0 Å². The molecular formula is C19H23NO. The maximum Gasteiger partial charge on any atom is 0.143 e. The van der Waals surface area contributed by atoms with Crippen molar-refractivity contribution in [3.8, 4) is 0 Å². The van der Waals surface area contributed by atoms with Crippen LogP contribution in [0.25, 0.3) is 5.57 Å². The van der Waals surface area contributed by atoms with Crippen molar-refractivity contribution in [1.82, 2.24) is 5.16 Å². The van der Waals surface area contributed by atoms with Gasteiger partial charge in [-0.1, -0.05) is 73.4 Å². The summed E-state index contributed by atoms with van der Waals surface area (Å²) < 4.78 is 5.75. The van der Waals surface area contributed by atoms with E-state index in [9.17, 15) is 0 Å². The van der Waals surface area contributed by atoms with E-state index in [0.29, 0.717) is 5.92 Å². The van der Waals surface area contributed by atoms with Gasteiger partial charge in [0.1, 0.15) is 11.5 Å². The van der Waals surface area contributed by atoms with Gasteiger partial charge in [-0.25, -0.2) is 0 Å². The van der Waals surface area contributed by atoms with Crippen molar-refractivity contribution in [3.63, 3.8) is 0 Å². The Morgan fingerprint density at radius 1 is 0.952 bits per heavy atom. The Balaban J connectivity index is 1.88. The molecule has 1 aromatic rings. The molecule has 0 saturated heterocycles. The Bertz CT molecular complexity index is 593. The lowest BCUT2D eigenvalue weighted by Crippen LogP contribution is -1.98. The number of nitrogens with zero attached hydrogens (tertiary/aromatic N) is 1. The highest BCUT2D eigenvalue weighted by Crippen LogP contribution is 2.35. The van der Waals surface area contributed by atoms with Crippen molar-refractivity contribution in [3.05, 3.63) is 59.5 Å². The second-order valence-electron chi connectivity index (χ2n) is 5.96. The van der Waals surface area contributed by atoms with E-state index < -0.39 is 0 Å². The second kappa shape index (κ2) is 6.75. The van der Waals surface area contributed by atoms with E-state index in [1.807, 2.05) is 18.2 Å². The molecule has 0 aromatic carbocycles. The minimum absolute atomic E-state index is 0.558. The molecule has 0 N–H and O–H groups in total. The Hall–Kier alpha value is -1.83. The minimum Gasteiger partial charge on any atom is -0.360 e. The number of allylic oxidation sites excluding steroid dienone is 8. The van der Waals surface area contributed by atoms with E-state index in [4.69, 9.17) is 4.52 Å².